The van der Waals surface area contributed by atoms with E-state index in [1.807, 2.05) is 13.8 Å². The van der Waals surface area contributed by atoms with Crippen LogP contribution in [0.4, 0.5) is 0 Å². The van der Waals surface area contributed by atoms with Gasteiger partial charge in [0.05, 0.1) is 23.9 Å². The van der Waals surface area contributed by atoms with Crippen LogP contribution in [0, 0.1) is 23.7 Å². The Morgan fingerprint density at radius 1 is 1.33 bits per heavy atom. The summed E-state index contributed by atoms with van der Waals surface area (Å²) in [5.41, 5.74) is -1.52. The monoisotopic (exact) mass is 424 g/mol. The minimum absolute atomic E-state index is 0.0383. The first kappa shape index (κ1) is 23.7. The SMILES string of the molecule is C=C1[C@H]2[C@@H]([C@@H](C(C)C)C[C@@H]1O)[C@H]1O[C@@H]2C[C@](C)(O)[C@@H](O)CC[C@@]1(C)OC(=O)CCC. The van der Waals surface area contributed by atoms with Gasteiger partial charge in [-0.25, -0.2) is 0 Å². The van der Waals surface area contributed by atoms with E-state index in [0.717, 1.165) is 5.57 Å². The molecule has 6 heteroatoms. The van der Waals surface area contributed by atoms with Gasteiger partial charge in [-0.15, -0.1) is 0 Å². The fourth-order valence-electron chi connectivity index (χ4n) is 6.05. The van der Waals surface area contributed by atoms with Crippen LogP contribution in [0.25, 0.3) is 0 Å². The lowest BCUT2D eigenvalue weighted by molar-refractivity contribution is -0.182. The molecule has 3 rings (SSSR count). The molecule has 2 heterocycles. The quantitative estimate of drug-likeness (QED) is 0.474. The lowest BCUT2D eigenvalue weighted by atomic mass is 9.60. The zero-order chi connectivity index (χ0) is 22.4. The van der Waals surface area contributed by atoms with E-state index in [9.17, 15) is 20.1 Å². The number of esters is 1. The van der Waals surface area contributed by atoms with Crippen LogP contribution in [0.5, 0.6) is 0 Å². The van der Waals surface area contributed by atoms with E-state index in [4.69, 9.17) is 9.47 Å². The van der Waals surface area contributed by atoms with E-state index in [-0.39, 0.29) is 36.2 Å². The van der Waals surface area contributed by atoms with Crippen molar-refractivity contribution in [1.82, 2.24) is 0 Å². The topological polar surface area (TPSA) is 96.2 Å². The molecule has 2 saturated heterocycles. The summed E-state index contributed by atoms with van der Waals surface area (Å²) in [4.78, 5) is 12.5. The van der Waals surface area contributed by atoms with Gasteiger partial charge in [0.25, 0.3) is 0 Å². The fraction of sp³-hybridized carbons (Fsp3) is 0.875. The van der Waals surface area contributed by atoms with E-state index in [1.165, 1.54) is 0 Å². The van der Waals surface area contributed by atoms with Gasteiger partial charge in [0.15, 0.2) is 0 Å². The molecule has 1 aliphatic carbocycles. The van der Waals surface area contributed by atoms with Crippen LogP contribution in [0.15, 0.2) is 12.2 Å². The number of aliphatic hydroxyl groups is 3. The first-order chi connectivity index (χ1) is 13.9. The van der Waals surface area contributed by atoms with Crippen LogP contribution < -0.4 is 0 Å². The first-order valence-corrected chi connectivity index (χ1v) is 11.6. The van der Waals surface area contributed by atoms with Crippen molar-refractivity contribution in [3.05, 3.63) is 12.2 Å². The van der Waals surface area contributed by atoms with Crippen LogP contribution in [0.1, 0.15) is 73.1 Å². The van der Waals surface area contributed by atoms with Crippen molar-refractivity contribution in [3.8, 4) is 0 Å². The van der Waals surface area contributed by atoms with Crippen LogP contribution in [-0.4, -0.2) is 56.9 Å². The maximum atomic E-state index is 12.5. The van der Waals surface area contributed by atoms with Gasteiger partial charge in [0.2, 0.25) is 0 Å². The first-order valence-electron chi connectivity index (χ1n) is 11.6. The number of rotatable bonds is 4. The molecule has 3 N–H and O–H groups in total. The smallest absolute Gasteiger partial charge is 0.306 e. The fourth-order valence-corrected chi connectivity index (χ4v) is 6.05. The van der Waals surface area contributed by atoms with E-state index < -0.39 is 29.5 Å². The summed E-state index contributed by atoms with van der Waals surface area (Å²) in [6.07, 6.45) is 0.290. The highest BCUT2D eigenvalue weighted by Crippen LogP contribution is 2.56. The van der Waals surface area contributed by atoms with Gasteiger partial charge in [0, 0.05) is 24.7 Å². The standard InChI is InChI=1S/C24H40O6/c1-7-8-19(27)30-24(6)10-9-18(26)23(5,28)12-17-20-14(4)16(25)11-15(13(2)3)21(20)22(24)29-17/h13,15-18,20-22,25-26,28H,4,7-12H2,1-3,5-6H3/t15-,16+,17-,18+,20-,21-,22-,23+,24-/m1/s1. The maximum absolute atomic E-state index is 12.5. The highest BCUT2D eigenvalue weighted by Gasteiger charge is 2.61. The molecule has 3 aliphatic rings. The van der Waals surface area contributed by atoms with Gasteiger partial charge in [-0.2, -0.15) is 0 Å². The highest BCUT2D eigenvalue weighted by molar-refractivity contribution is 5.69. The average Bonchev–Trinajstić information content (AvgIpc) is 3.02. The van der Waals surface area contributed by atoms with Gasteiger partial charge < -0.3 is 24.8 Å². The Kier molecular flexibility index (Phi) is 6.74. The second-order valence-electron chi connectivity index (χ2n) is 10.6. The third kappa shape index (κ3) is 4.21. The number of aliphatic hydroxyl groups excluding tert-OH is 2. The van der Waals surface area contributed by atoms with Gasteiger partial charge in [-0.1, -0.05) is 27.4 Å². The molecule has 0 unspecified atom stereocenters. The van der Waals surface area contributed by atoms with Gasteiger partial charge >= 0.3 is 5.97 Å². The van der Waals surface area contributed by atoms with Crippen molar-refractivity contribution in [2.75, 3.05) is 0 Å². The van der Waals surface area contributed by atoms with Crippen LogP contribution in [-0.2, 0) is 14.3 Å². The minimum Gasteiger partial charge on any atom is -0.457 e. The van der Waals surface area contributed by atoms with Crippen molar-refractivity contribution >= 4 is 5.97 Å². The number of carbonyl (C=O) groups excluding carboxylic acids is 1. The van der Waals surface area contributed by atoms with E-state index in [1.54, 1.807) is 6.92 Å². The molecule has 30 heavy (non-hydrogen) atoms. The summed E-state index contributed by atoms with van der Waals surface area (Å²) >= 11 is 0. The zero-order valence-corrected chi connectivity index (χ0v) is 19.1. The predicted molar refractivity (Wildman–Crippen MR) is 114 cm³/mol. The maximum Gasteiger partial charge on any atom is 0.306 e. The zero-order valence-electron chi connectivity index (χ0n) is 19.1. The Labute approximate surface area is 180 Å². The van der Waals surface area contributed by atoms with Crippen molar-refractivity contribution in [2.45, 2.75) is 109 Å². The third-order valence-electron chi connectivity index (χ3n) is 7.84. The molecular weight excluding hydrogens is 384 g/mol. The molecule has 2 aliphatic heterocycles. The average molecular weight is 425 g/mol. The molecule has 6 nitrogen and oxygen atoms in total. The summed E-state index contributed by atoms with van der Waals surface area (Å²) in [7, 11) is 0. The Bertz CT molecular complexity index is 658. The Morgan fingerprint density at radius 2 is 2.00 bits per heavy atom. The molecule has 9 atom stereocenters. The second-order valence-corrected chi connectivity index (χ2v) is 10.6. The third-order valence-corrected chi connectivity index (χ3v) is 7.84. The number of hydrogen-bond acceptors (Lipinski definition) is 6. The van der Waals surface area contributed by atoms with E-state index in [2.05, 4.69) is 20.4 Å². The van der Waals surface area contributed by atoms with E-state index >= 15 is 0 Å². The molecule has 3 fully saturated rings. The van der Waals surface area contributed by atoms with Crippen LogP contribution >= 0.6 is 0 Å². The second kappa shape index (κ2) is 8.53. The van der Waals surface area contributed by atoms with Gasteiger partial charge in [0.1, 0.15) is 11.7 Å². The molecule has 0 radical (unpaired) electrons. The van der Waals surface area contributed by atoms with Crippen LogP contribution in [0.2, 0.25) is 0 Å². The van der Waals surface area contributed by atoms with Gasteiger partial charge in [-0.3, -0.25) is 4.79 Å². The molecule has 0 amide bonds. The minimum atomic E-state index is -1.33. The Balaban J connectivity index is 2.07. The molecule has 1 saturated carbocycles. The highest BCUT2D eigenvalue weighted by atomic mass is 16.6. The van der Waals surface area contributed by atoms with Gasteiger partial charge in [-0.05, 0) is 56.9 Å². The van der Waals surface area contributed by atoms with Crippen molar-refractivity contribution in [3.63, 3.8) is 0 Å². The normalized spacial score (nSPS) is 46.7. The number of hydrogen-bond donors (Lipinski definition) is 3. The summed E-state index contributed by atoms with van der Waals surface area (Å²) in [6, 6.07) is 0. The molecular formula is C24H40O6. The predicted octanol–water partition coefficient (Wildman–Crippen LogP) is 2.98. The van der Waals surface area contributed by atoms with Crippen LogP contribution in [0.3, 0.4) is 0 Å². The number of ether oxygens (including phenoxy) is 2. The Morgan fingerprint density at radius 3 is 2.60 bits per heavy atom. The number of fused-ring (bicyclic) bond motifs is 5. The Hall–Kier alpha value is -0.950. The van der Waals surface area contributed by atoms with Crippen molar-refractivity contribution in [2.24, 2.45) is 23.7 Å². The largest absolute Gasteiger partial charge is 0.457 e. The lowest BCUT2D eigenvalue weighted by Crippen LogP contribution is -2.53. The summed E-state index contributed by atoms with van der Waals surface area (Å²) in [5.74, 6) is 0.127. The molecule has 0 spiro atoms. The van der Waals surface area contributed by atoms with Crippen molar-refractivity contribution in [1.29, 1.82) is 0 Å². The molecule has 172 valence electrons. The summed E-state index contributed by atoms with van der Waals surface area (Å²) in [6.45, 7) is 14.0. The van der Waals surface area contributed by atoms with Crippen molar-refractivity contribution < 1.29 is 29.6 Å². The molecule has 0 aromatic carbocycles. The molecule has 0 aromatic heterocycles. The lowest BCUT2D eigenvalue weighted by Gasteiger charge is -2.47. The van der Waals surface area contributed by atoms with E-state index in [0.29, 0.717) is 38.0 Å². The number of carbonyl (C=O) groups is 1. The molecule has 2 bridgehead atoms. The summed E-state index contributed by atoms with van der Waals surface area (Å²) in [5, 5.41) is 32.5. The molecule has 0 aromatic rings. The summed E-state index contributed by atoms with van der Waals surface area (Å²) < 4.78 is 12.6.